The van der Waals surface area contributed by atoms with Gasteiger partial charge in [-0.15, -0.1) is 11.8 Å². The van der Waals surface area contributed by atoms with Crippen LogP contribution in [0.3, 0.4) is 0 Å². The number of carbonyl (C=O) groups excluding carboxylic acids is 3. The Kier molecular flexibility index (Phi) is 5.69. The van der Waals surface area contributed by atoms with E-state index in [1.54, 1.807) is 56.3 Å². The number of thioether (sulfide) groups is 1. The van der Waals surface area contributed by atoms with Gasteiger partial charge in [0.1, 0.15) is 11.4 Å². The Morgan fingerprint density at radius 1 is 1.14 bits per heavy atom. The van der Waals surface area contributed by atoms with Gasteiger partial charge < -0.3 is 10.1 Å². The molecule has 0 aromatic heterocycles. The minimum atomic E-state index is -1.14. The lowest BCUT2D eigenvalue weighted by molar-refractivity contribution is -0.145. The number of rotatable bonds is 5. The van der Waals surface area contributed by atoms with Crippen molar-refractivity contribution < 1.29 is 23.5 Å². The summed E-state index contributed by atoms with van der Waals surface area (Å²) in [5, 5.41) is 2.76. The van der Waals surface area contributed by atoms with E-state index in [0.29, 0.717) is 16.3 Å². The molecule has 0 atom stereocenters. The van der Waals surface area contributed by atoms with Gasteiger partial charge in [-0.2, -0.15) is 0 Å². The van der Waals surface area contributed by atoms with Crippen molar-refractivity contribution in [3.8, 4) is 0 Å². The second-order valence-corrected chi connectivity index (χ2v) is 7.66. The van der Waals surface area contributed by atoms with E-state index in [1.807, 2.05) is 0 Å². The maximum atomic E-state index is 13.6. The predicted octanol–water partition coefficient (Wildman–Crippen LogP) is 3.22. The molecule has 1 heterocycles. The number of nitrogens with one attached hydrogen (secondary N) is 1. The SMILES string of the molecule is CC1(C)C(=O)Nc2ccccc2N1C(=O)COC(=O)CSc1ccccc1F. The van der Waals surface area contributed by atoms with E-state index in [-0.39, 0.29) is 11.7 Å². The van der Waals surface area contributed by atoms with Gasteiger partial charge in [0.05, 0.1) is 17.1 Å². The molecule has 0 saturated heterocycles. The fourth-order valence-electron chi connectivity index (χ4n) is 2.85. The topological polar surface area (TPSA) is 75.7 Å². The minimum Gasteiger partial charge on any atom is -0.455 e. The molecule has 8 heteroatoms. The number of ether oxygens (including phenoxy) is 1. The van der Waals surface area contributed by atoms with E-state index in [4.69, 9.17) is 4.74 Å². The zero-order valence-electron chi connectivity index (χ0n) is 15.4. The van der Waals surface area contributed by atoms with Gasteiger partial charge in [0.2, 0.25) is 5.91 Å². The van der Waals surface area contributed by atoms with Crippen molar-refractivity contribution in [2.24, 2.45) is 0 Å². The van der Waals surface area contributed by atoms with Crippen molar-refractivity contribution >= 4 is 40.9 Å². The monoisotopic (exact) mass is 402 g/mol. The summed E-state index contributed by atoms with van der Waals surface area (Å²) >= 11 is 0.993. The molecule has 6 nitrogen and oxygen atoms in total. The molecular formula is C20H19FN2O4S. The zero-order chi connectivity index (χ0) is 20.3. The first-order valence-corrected chi connectivity index (χ1v) is 9.56. The first-order valence-electron chi connectivity index (χ1n) is 8.57. The highest BCUT2D eigenvalue weighted by molar-refractivity contribution is 8.00. The van der Waals surface area contributed by atoms with Gasteiger partial charge in [0, 0.05) is 4.90 Å². The van der Waals surface area contributed by atoms with Gasteiger partial charge in [0.15, 0.2) is 6.61 Å². The molecule has 2 amide bonds. The largest absolute Gasteiger partial charge is 0.455 e. The molecule has 2 aromatic carbocycles. The summed E-state index contributed by atoms with van der Waals surface area (Å²) in [6.45, 7) is 2.72. The van der Waals surface area contributed by atoms with Gasteiger partial charge in [-0.25, -0.2) is 4.39 Å². The lowest BCUT2D eigenvalue weighted by atomic mass is 9.96. The number of nitrogens with zero attached hydrogens (tertiary/aromatic N) is 1. The Morgan fingerprint density at radius 2 is 1.82 bits per heavy atom. The summed E-state index contributed by atoms with van der Waals surface area (Å²) in [6.07, 6.45) is 0. The second-order valence-electron chi connectivity index (χ2n) is 6.64. The summed E-state index contributed by atoms with van der Waals surface area (Å²) in [5.41, 5.74) is -0.0877. The second kappa shape index (κ2) is 8.02. The van der Waals surface area contributed by atoms with Crippen LogP contribution >= 0.6 is 11.8 Å². The van der Waals surface area contributed by atoms with Crippen molar-refractivity contribution in [2.45, 2.75) is 24.3 Å². The smallest absolute Gasteiger partial charge is 0.316 e. The number of para-hydroxylation sites is 2. The summed E-state index contributed by atoms with van der Waals surface area (Å²) in [7, 11) is 0. The van der Waals surface area contributed by atoms with Crippen LogP contribution in [-0.4, -0.2) is 35.7 Å². The van der Waals surface area contributed by atoms with Crippen LogP contribution < -0.4 is 10.2 Å². The third-order valence-electron chi connectivity index (χ3n) is 4.30. The van der Waals surface area contributed by atoms with Crippen LogP contribution in [0.1, 0.15) is 13.8 Å². The van der Waals surface area contributed by atoms with Crippen molar-refractivity contribution in [3.63, 3.8) is 0 Å². The fraction of sp³-hybridized carbons (Fsp3) is 0.250. The standard InChI is InChI=1S/C20H19FN2O4S/c1-20(2)19(26)22-14-8-4-5-9-15(14)23(20)17(24)11-27-18(25)12-28-16-10-6-3-7-13(16)21/h3-10H,11-12H2,1-2H3,(H,22,26). The normalized spacial score (nSPS) is 14.8. The van der Waals surface area contributed by atoms with Crippen LogP contribution in [0.2, 0.25) is 0 Å². The van der Waals surface area contributed by atoms with Crippen molar-refractivity contribution in [2.75, 3.05) is 22.6 Å². The third-order valence-corrected chi connectivity index (χ3v) is 5.32. The molecule has 1 aliphatic rings. The van der Waals surface area contributed by atoms with Crippen LogP contribution in [0.15, 0.2) is 53.4 Å². The van der Waals surface area contributed by atoms with Crippen LogP contribution in [0.4, 0.5) is 15.8 Å². The molecule has 2 aromatic rings. The van der Waals surface area contributed by atoms with Gasteiger partial charge >= 0.3 is 5.97 Å². The number of halogens is 1. The zero-order valence-corrected chi connectivity index (χ0v) is 16.2. The highest BCUT2D eigenvalue weighted by atomic mass is 32.2. The number of carbonyl (C=O) groups is 3. The summed E-state index contributed by atoms with van der Waals surface area (Å²) in [5.74, 6) is -2.05. The number of amides is 2. The van der Waals surface area contributed by atoms with Gasteiger partial charge in [-0.1, -0.05) is 24.3 Å². The fourth-order valence-corrected chi connectivity index (χ4v) is 3.58. The van der Waals surface area contributed by atoms with Crippen molar-refractivity contribution in [3.05, 3.63) is 54.3 Å². The third kappa shape index (κ3) is 4.01. The van der Waals surface area contributed by atoms with E-state index >= 15 is 0 Å². The van der Waals surface area contributed by atoms with E-state index in [1.165, 1.54) is 11.0 Å². The molecule has 146 valence electrons. The number of hydrogen-bond acceptors (Lipinski definition) is 5. The van der Waals surface area contributed by atoms with E-state index in [9.17, 15) is 18.8 Å². The quantitative estimate of drug-likeness (QED) is 0.614. The van der Waals surface area contributed by atoms with Gasteiger partial charge in [-0.3, -0.25) is 19.3 Å². The van der Waals surface area contributed by atoms with Crippen LogP contribution in [0.25, 0.3) is 0 Å². The first kappa shape index (κ1) is 19.9. The van der Waals surface area contributed by atoms with Crippen LogP contribution in [0.5, 0.6) is 0 Å². The molecule has 1 aliphatic heterocycles. The van der Waals surface area contributed by atoms with E-state index < -0.39 is 29.8 Å². The van der Waals surface area contributed by atoms with Crippen molar-refractivity contribution in [1.82, 2.24) is 0 Å². The number of anilines is 2. The van der Waals surface area contributed by atoms with E-state index in [2.05, 4.69) is 5.32 Å². The van der Waals surface area contributed by atoms with Crippen LogP contribution in [0, 0.1) is 5.82 Å². The number of benzene rings is 2. The summed E-state index contributed by atoms with van der Waals surface area (Å²) in [6, 6.07) is 13.0. The summed E-state index contributed by atoms with van der Waals surface area (Å²) < 4.78 is 18.6. The molecule has 0 saturated carbocycles. The Morgan fingerprint density at radius 3 is 2.57 bits per heavy atom. The lowest BCUT2D eigenvalue weighted by Gasteiger charge is -2.41. The van der Waals surface area contributed by atoms with E-state index in [0.717, 1.165) is 11.8 Å². The molecule has 0 spiro atoms. The summed E-state index contributed by atoms with van der Waals surface area (Å²) in [4.78, 5) is 38.8. The molecule has 28 heavy (non-hydrogen) atoms. The first-order chi connectivity index (χ1) is 13.3. The Hall–Kier alpha value is -2.87. The van der Waals surface area contributed by atoms with Gasteiger partial charge in [-0.05, 0) is 38.1 Å². The molecular weight excluding hydrogens is 383 g/mol. The molecule has 0 radical (unpaired) electrons. The Labute approximate surface area is 166 Å². The Bertz CT molecular complexity index is 932. The minimum absolute atomic E-state index is 0.130. The van der Waals surface area contributed by atoms with Gasteiger partial charge in [0.25, 0.3) is 5.91 Å². The maximum Gasteiger partial charge on any atom is 0.316 e. The molecule has 0 bridgehead atoms. The number of hydrogen-bond donors (Lipinski definition) is 1. The maximum absolute atomic E-state index is 13.6. The molecule has 3 rings (SSSR count). The number of esters is 1. The molecule has 0 fully saturated rings. The highest BCUT2D eigenvalue weighted by Gasteiger charge is 2.43. The predicted molar refractivity (Wildman–Crippen MR) is 105 cm³/mol. The number of fused-ring (bicyclic) bond motifs is 1. The average molecular weight is 402 g/mol. The Balaban J connectivity index is 1.64. The molecule has 0 aliphatic carbocycles. The van der Waals surface area contributed by atoms with Crippen molar-refractivity contribution in [1.29, 1.82) is 0 Å². The molecule has 1 N–H and O–H groups in total. The van der Waals surface area contributed by atoms with Crippen LogP contribution in [-0.2, 0) is 19.1 Å². The molecule has 0 unspecified atom stereocenters. The highest BCUT2D eigenvalue weighted by Crippen LogP contribution is 2.36. The lowest BCUT2D eigenvalue weighted by Crippen LogP contribution is -2.59. The average Bonchev–Trinajstić information content (AvgIpc) is 2.66.